The molecular formula is C5H12ClIN2. The Morgan fingerprint density at radius 3 is 1.67 bits per heavy atom. The summed E-state index contributed by atoms with van der Waals surface area (Å²) < 4.78 is 0. The van der Waals surface area contributed by atoms with E-state index in [9.17, 15) is 0 Å². The van der Waals surface area contributed by atoms with Crippen LogP contribution in [0, 0.1) is 0 Å². The number of likely N-dealkylation sites (N-methyl/N-ethyl adjacent to an activating group) is 2. The molecule has 0 amide bonds. The van der Waals surface area contributed by atoms with Crippen molar-refractivity contribution in [2.24, 2.45) is 0 Å². The van der Waals surface area contributed by atoms with Crippen molar-refractivity contribution in [2.45, 2.75) is 5.62 Å². The van der Waals surface area contributed by atoms with E-state index in [1.54, 1.807) is 0 Å². The Morgan fingerprint density at radius 1 is 1.22 bits per heavy atom. The van der Waals surface area contributed by atoms with Crippen molar-refractivity contribution in [2.75, 3.05) is 27.2 Å². The second-order valence-corrected chi connectivity index (χ2v) is 2.66. The highest BCUT2D eigenvalue weighted by Crippen LogP contribution is 2.12. The lowest BCUT2D eigenvalue weighted by Crippen LogP contribution is -2.28. The molecule has 0 aliphatic carbocycles. The summed E-state index contributed by atoms with van der Waals surface area (Å²) in [6.45, 7) is 2.18. The zero-order valence-electron chi connectivity index (χ0n) is 5.67. The van der Waals surface area contributed by atoms with E-state index in [1.165, 1.54) is 0 Å². The second-order valence-electron chi connectivity index (χ2n) is 2.27. The molecule has 0 atom stereocenters. The molecule has 1 saturated heterocycles. The van der Waals surface area contributed by atoms with Gasteiger partial charge in [0.25, 0.3) is 0 Å². The fraction of sp³-hybridized carbons (Fsp3) is 1.00. The molecule has 2 nitrogen and oxygen atoms in total. The van der Waals surface area contributed by atoms with E-state index in [-0.39, 0.29) is 29.6 Å². The SMILES string of the molecule is CN1CCN(C)C1Cl.I. The Labute approximate surface area is 78.2 Å². The number of alkyl halides is 1. The summed E-state index contributed by atoms with van der Waals surface area (Å²) in [6, 6.07) is 0. The Hall–Kier alpha value is 0.940. The molecule has 0 N–H and O–H groups in total. The summed E-state index contributed by atoms with van der Waals surface area (Å²) in [5.41, 5.74) is 0.120. The van der Waals surface area contributed by atoms with E-state index in [2.05, 4.69) is 9.80 Å². The monoisotopic (exact) mass is 262 g/mol. The molecule has 0 aromatic carbocycles. The van der Waals surface area contributed by atoms with Gasteiger partial charge in [0.1, 0.15) is 5.62 Å². The van der Waals surface area contributed by atoms with Crippen LogP contribution in [0.1, 0.15) is 0 Å². The van der Waals surface area contributed by atoms with Crippen LogP contribution in [0.3, 0.4) is 0 Å². The fourth-order valence-corrected chi connectivity index (χ4v) is 1.06. The highest BCUT2D eigenvalue weighted by molar-refractivity contribution is 14.0. The third-order valence-electron chi connectivity index (χ3n) is 1.53. The predicted octanol–water partition coefficient (Wildman–Crippen LogP) is 1.00. The van der Waals surface area contributed by atoms with Gasteiger partial charge < -0.3 is 0 Å². The van der Waals surface area contributed by atoms with Crippen molar-refractivity contribution in [3.05, 3.63) is 0 Å². The number of nitrogens with zero attached hydrogens (tertiary/aromatic N) is 2. The smallest absolute Gasteiger partial charge is 0.139 e. The van der Waals surface area contributed by atoms with Gasteiger partial charge in [0.15, 0.2) is 0 Å². The summed E-state index contributed by atoms with van der Waals surface area (Å²) in [6.07, 6.45) is 0. The molecular weight excluding hydrogens is 250 g/mol. The lowest BCUT2D eigenvalue weighted by Gasteiger charge is -2.16. The minimum absolute atomic E-state index is 0. The van der Waals surface area contributed by atoms with Crippen LogP contribution < -0.4 is 0 Å². The Kier molecular flexibility index (Phi) is 4.37. The summed E-state index contributed by atoms with van der Waals surface area (Å²) in [5.74, 6) is 0. The van der Waals surface area contributed by atoms with Crippen molar-refractivity contribution in [3.8, 4) is 0 Å². The highest BCUT2D eigenvalue weighted by atomic mass is 127. The van der Waals surface area contributed by atoms with Gasteiger partial charge in [-0.25, -0.2) is 0 Å². The quantitative estimate of drug-likeness (QED) is 0.365. The first kappa shape index (κ1) is 9.94. The minimum atomic E-state index is 0. The van der Waals surface area contributed by atoms with E-state index in [0.29, 0.717) is 0 Å². The van der Waals surface area contributed by atoms with Crippen molar-refractivity contribution in [1.82, 2.24) is 9.80 Å². The van der Waals surface area contributed by atoms with Gasteiger partial charge >= 0.3 is 0 Å². The zero-order chi connectivity index (χ0) is 6.15. The molecule has 56 valence electrons. The minimum Gasteiger partial charge on any atom is -0.277 e. The van der Waals surface area contributed by atoms with Gasteiger partial charge in [-0.3, -0.25) is 9.80 Å². The van der Waals surface area contributed by atoms with Crippen LogP contribution in [-0.4, -0.2) is 42.6 Å². The van der Waals surface area contributed by atoms with Gasteiger partial charge in [0, 0.05) is 13.1 Å². The van der Waals surface area contributed by atoms with Crippen LogP contribution in [0.2, 0.25) is 0 Å². The average molecular weight is 263 g/mol. The van der Waals surface area contributed by atoms with Crippen molar-refractivity contribution in [3.63, 3.8) is 0 Å². The van der Waals surface area contributed by atoms with Gasteiger partial charge in [-0.05, 0) is 14.1 Å². The van der Waals surface area contributed by atoms with Gasteiger partial charge in [-0.2, -0.15) is 0 Å². The van der Waals surface area contributed by atoms with Crippen LogP contribution in [0.15, 0.2) is 0 Å². The maximum Gasteiger partial charge on any atom is 0.139 e. The lowest BCUT2D eigenvalue weighted by atomic mass is 10.6. The number of halogens is 2. The summed E-state index contributed by atoms with van der Waals surface area (Å²) in [7, 11) is 4.06. The van der Waals surface area contributed by atoms with Gasteiger partial charge in [-0.15, -0.1) is 24.0 Å². The molecule has 1 aliphatic rings. The molecule has 1 aliphatic heterocycles. The van der Waals surface area contributed by atoms with E-state index < -0.39 is 0 Å². The van der Waals surface area contributed by atoms with Crippen LogP contribution in [0.5, 0.6) is 0 Å². The normalized spacial score (nSPS) is 24.3. The molecule has 9 heavy (non-hydrogen) atoms. The van der Waals surface area contributed by atoms with Crippen LogP contribution in [-0.2, 0) is 0 Å². The van der Waals surface area contributed by atoms with Crippen molar-refractivity contribution < 1.29 is 0 Å². The van der Waals surface area contributed by atoms with E-state index in [0.717, 1.165) is 13.1 Å². The molecule has 0 aromatic heterocycles. The Morgan fingerprint density at radius 2 is 1.56 bits per heavy atom. The summed E-state index contributed by atoms with van der Waals surface area (Å²) >= 11 is 5.86. The third-order valence-corrected chi connectivity index (χ3v) is 2.20. The van der Waals surface area contributed by atoms with Crippen molar-refractivity contribution >= 4 is 35.6 Å². The molecule has 1 heterocycles. The standard InChI is InChI=1S/C5H11ClN2.HI/c1-7-3-4-8(2)5(7)6;/h5H,3-4H2,1-2H3;1H. The molecule has 0 spiro atoms. The van der Waals surface area contributed by atoms with Gasteiger partial charge in [0.05, 0.1) is 0 Å². The maximum absolute atomic E-state index is 5.86. The fourth-order valence-electron chi connectivity index (χ4n) is 0.865. The van der Waals surface area contributed by atoms with Crippen molar-refractivity contribution in [1.29, 1.82) is 0 Å². The molecule has 1 rings (SSSR count). The number of hydrogen-bond acceptors (Lipinski definition) is 2. The Bertz CT molecular complexity index is 81.0. The van der Waals surface area contributed by atoms with E-state index >= 15 is 0 Å². The molecule has 0 saturated carbocycles. The van der Waals surface area contributed by atoms with Gasteiger partial charge in [-0.1, -0.05) is 11.6 Å². The van der Waals surface area contributed by atoms with E-state index in [4.69, 9.17) is 11.6 Å². The maximum atomic E-state index is 5.86. The number of rotatable bonds is 0. The lowest BCUT2D eigenvalue weighted by molar-refractivity contribution is 0.273. The molecule has 4 heteroatoms. The van der Waals surface area contributed by atoms with Gasteiger partial charge in [0.2, 0.25) is 0 Å². The molecule has 1 fully saturated rings. The van der Waals surface area contributed by atoms with E-state index in [1.807, 2.05) is 14.1 Å². The average Bonchev–Trinajstić information content (AvgIpc) is 1.98. The highest BCUT2D eigenvalue weighted by Gasteiger charge is 2.22. The summed E-state index contributed by atoms with van der Waals surface area (Å²) in [5, 5.41) is 0. The largest absolute Gasteiger partial charge is 0.277 e. The molecule has 0 aromatic rings. The van der Waals surface area contributed by atoms with Crippen LogP contribution in [0.25, 0.3) is 0 Å². The zero-order valence-corrected chi connectivity index (χ0v) is 8.76. The molecule has 0 unspecified atom stereocenters. The summed E-state index contributed by atoms with van der Waals surface area (Å²) in [4.78, 5) is 4.23. The first-order chi connectivity index (χ1) is 3.72. The van der Waals surface area contributed by atoms with Crippen LogP contribution >= 0.6 is 35.6 Å². The first-order valence-corrected chi connectivity index (χ1v) is 3.20. The van der Waals surface area contributed by atoms with Crippen LogP contribution in [0.4, 0.5) is 0 Å². The molecule has 0 radical (unpaired) electrons. The topological polar surface area (TPSA) is 6.48 Å². The predicted molar refractivity (Wildman–Crippen MR) is 50.3 cm³/mol. The second kappa shape index (κ2) is 3.95. The third kappa shape index (κ3) is 2.22. The number of hydrogen-bond donors (Lipinski definition) is 0. The first-order valence-electron chi connectivity index (χ1n) is 2.76. The Balaban J connectivity index is 0.000000640. The molecule has 0 bridgehead atoms.